The standard InChI is InChI=1S/C26H30F3N5S/c1-17-15-21(18(2)34(17)20-10-7-9-19(16-20)26(27,28)29)24-23(22-11-5-6-12-30-22)31-25(35)33(24)14-8-13-32(3)4/h5-7,9-12,15-16,23-24H,8,13-14H2,1-4H3,(H,31,35)/t23-,24+/m1/s1. The molecule has 4 rings (SSSR count). The maximum atomic E-state index is 13.4. The lowest BCUT2D eigenvalue weighted by molar-refractivity contribution is -0.137. The number of hydrogen-bond acceptors (Lipinski definition) is 3. The van der Waals surface area contributed by atoms with Crippen molar-refractivity contribution in [3.05, 3.63) is 82.9 Å². The molecule has 0 radical (unpaired) electrons. The van der Waals surface area contributed by atoms with Crippen LogP contribution in [0.4, 0.5) is 13.2 Å². The first-order chi connectivity index (χ1) is 16.6. The Kier molecular flexibility index (Phi) is 7.19. The van der Waals surface area contributed by atoms with Gasteiger partial charge in [-0.15, -0.1) is 0 Å². The summed E-state index contributed by atoms with van der Waals surface area (Å²) in [6.07, 6.45) is -1.72. The van der Waals surface area contributed by atoms with Gasteiger partial charge in [-0.3, -0.25) is 4.98 Å². The summed E-state index contributed by atoms with van der Waals surface area (Å²) < 4.78 is 42.1. The van der Waals surface area contributed by atoms with E-state index in [1.54, 1.807) is 12.3 Å². The highest BCUT2D eigenvalue weighted by molar-refractivity contribution is 7.80. The van der Waals surface area contributed by atoms with Gasteiger partial charge in [-0.25, -0.2) is 0 Å². The first-order valence-corrected chi connectivity index (χ1v) is 12.0. The van der Waals surface area contributed by atoms with Gasteiger partial charge in [-0.05, 0) is 95.1 Å². The van der Waals surface area contributed by atoms with Gasteiger partial charge < -0.3 is 19.7 Å². The van der Waals surface area contributed by atoms with Crippen LogP contribution < -0.4 is 5.32 Å². The molecule has 0 amide bonds. The van der Waals surface area contributed by atoms with Gasteiger partial charge in [0.05, 0.1) is 23.3 Å². The third-order valence-electron chi connectivity index (χ3n) is 6.42. The number of rotatable bonds is 7. The summed E-state index contributed by atoms with van der Waals surface area (Å²) in [6.45, 7) is 5.55. The van der Waals surface area contributed by atoms with Gasteiger partial charge in [-0.1, -0.05) is 12.1 Å². The number of thiocarbonyl (C=S) groups is 1. The van der Waals surface area contributed by atoms with E-state index < -0.39 is 11.7 Å². The molecule has 2 atom stereocenters. The zero-order valence-electron chi connectivity index (χ0n) is 20.3. The van der Waals surface area contributed by atoms with E-state index in [4.69, 9.17) is 12.2 Å². The Balaban J connectivity index is 1.78. The second-order valence-electron chi connectivity index (χ2n) is 9.19. The van der Waals surface area contributed by atoms with Crippen LogP contribution in [-0.4, -0.2) is 51.6 Å². The average Bonchev–Trinajstić information content (AvgIpc) is 3.28. The van der Waals surface area contributed by atoms with Crippen molar-refractivity contribution in [1.29, 1.82) is 0 Å². The topological polar surface area (TPSA) is 36.3 Å². The Morgan fingerprint density at radius 2 is 1.86 bits per heavy atom. The third kappa shape index (κ3) is 5.21. The van der Waals surface area contributed by atoms with Gasteiger partial charge in [0.25, 0.3) is 0 Å². The Labute approximate surface area is 209 Å². The van der Waals surface area contributed by atoms with Crippen LogP contribution in [0.15, 0.2) is 54.7 Å². The van der Waals surface area contributed by atoms with E-state index in [9.17, 15) is 13.2 Å². The number of nitrogens with zero attached hydrogens (tertiary/aromatic N) is 4. The molecule has 3 aromatic rings. The molecular weight excluding hydrogens is 471 g/mol. The van der Waals surface area contributed by atoms with Crippen LogP contribution in [0.3, 0.4) is 0 Å². The minimum absolute atomic E-state index is 0.134. The summed E-state index contributed by atoms with van der Waals surface area (Å²) in [5.41, 5.74) is 3.47. The van der Waals surface area contributed by atoms with Gasteiger partial charge in [-0.2, -0.15) is 13.2 Å². The number of alkyl halides is 3. The second-order valence-corrected chi connectivity index (χ2v) is 9.57. The van der Waals surface area contributed by atoms with Crippen LogP contribution in [0.2, 0.25) is 0 Å². The molecule has 35 heavy (non-hydrogen) atoms. The fourth-order valence-electron chi connectivity index (χ4n) is 4.85. The quantitative estimate of drug-likeness (QED) is 0.437. The van der Waals surface area contributed by atoms with Crippen molar-refractivity contribution in [3.8, 4) is 5.69 Å². The molecule has 0 aliphatic carbocycles. The number of pyridine rings is 1. The van der Waals surface area contributed by atoms with Crippen molar-refractivity contribution in [2.24, 2.45) is 0 Å². The summed E-state index contributed by atoms with van der Waals surface area (Å²) in [5, 5.41) is 4.12. The second kappa shape index (κ2) is 9.99. The van der Waals surface area contributed by atoms with Crippen molar-refractivity contribution in [1.82, 2.24) is 24.7 Å². The Hall–Kier alpha value is -2.91. The Bertz CT molecular complexity index is 1190. The van der Waals surface area contributed by atoms with Gasteiger partial charge in [0.2, 0.25) is 0 Å². The first-order valence-electron chi connectivity index (χ1n) is 11.6. The SMILES string of the molecule is Cc1cc([C@H]2[C@@H](c3ccccn3)NC(=S)N2CCCN(C)C)c(C)n1-c1cccc(C(F)(F)F)c1. The van der Waals surface area contributed by atoms with Crippen LogP contribution in [0, 0.1) is 13.8 Å². The highest BCUT2D eigenvalue weighted by atomic mass is 32.1. The lowest BCUT2D eigenvalue weighted by Gasteiger charge is -2.28. The van der Waals surface area contributed by atoms with E-state index in [0.717, 1.165) is 48.2 Å². The molecule has 0 spiro atoms. The molecule has 1 aromatic carbocycles. The van der Waals surface area contributed by atoms with Gasteiger partial charge in [0.15, 0.2) is 5.11 Å². The van der Waals surface area contributed by atoms with Gasteiger partial charge in [0.1, 0.15) is 0 Å². The lowest BCUT2D eigenvalue weighted by Crippen LogP contribution is -2.32. The highest BCUT2D eigenvalue weighted by Gasteiger charge is 2.41. The largest absolute Gasteiger partial charge is 0.416 e. The van der Waals surface area contributed by atoms with Crippen molar-refractivity contribution >= 4 is 17.3 Å². The van der Waals surface area contributed by atoms with Crippen molar-refractivity contribution < 1.29 is 13.2 Å². The predicted molar refractivity (Wildman–Crippen MR) is 136 cm³/mol. The number of benzene rings is 1. The van der Waals surface area contributed by atoms with Crippen LogP contribution in [0.5, 0.6) is 0 Å². The molecule has 1 saturated heterocycles. The molecule has 1 N–H and O–H groups in total. The highest BCUT2D eigenvalue weighted by Crippen LogP contribution is 2.41. The van der Waals surface area contributed by atoms with E-state index in [1.807, 2.05) is 50.7 Å². The Morgan fingerprint density at radius 1 is 1.09 bits per heavy atom. The van der Waals surface area contributed by atoms with E-state index in [0.29, 0.717) is 10.8 Å². The molecule has 2 aromatic heterocycles. The third-order valence-corrected chi connectivity index (χ3v) is 6.78. The van der Waals surface area contributed by atoms with Crippen LogP contribution in [0.1, 0.15) is 46.7 Å². The van der Waals surface area contributed by atoms with E-state index in [1.165, 1.54) is 12.1 Å². The predicted octanol–water partition coefficient (Wildman–Crippen LogP) is 5.43. The van der Waals surface area contributed by atoms with Crippen LogP contribution in [0.25, 0.3) is 5.69 Å². The van der Waals surface area contributed by atoms with Gasteiger partial charge in [0, 0.05) is 29.8 Å². The fraction of sp³-hybridized carbons (Fsp3) is 0.385. The average molecular weight is 502 g/mol. The number of hydrogen-bond donors (Lipinski definition) is 1. The molecule has 0 bridgehead atoms. The molecule has 3 heterocycles. The number of aryl methyl sites for hydroxylation is 1. The summed E-state index contributed by atoms with van der Waals surface area (Å²) in [6, 6.07) is 13.0. The van der Waals surface area contributed by atoms with E-state index >= 15 is 0 Å². The minimum atomic E-state index is -4.40. The molecule has 5 nitrogen and oxygen atoms in total. The van der Waals surface area contributed by atoms with Crippen molar-refractivity contribution in [2.75, 3.05) is 27.2 Å². The number of nitrogens with one attached hydrogen (secondary N) is 1. The molecule has 0 saturated carbocycles. The fourth-order valence-corrected chi connectivity index (χ4v) is 5.18. The zero-order valence-corrected chi connectivity index (χ0v) is 21.1. The molecule has 1 aliphatic heterocycles. The summed E-state index contributed by atoms with van der Waals surface area (Å²) in [4.78, 5) is 8.91. The van der Waals surface area contributed by atoms with Crippen molar-refractivity contribution in [2.45, 2.75) is 38.5 Å². The molecule has 0 unspecified atom stereocenters. The molecule has 9 heteroatoms. The van der Waals surface area contributed by atoms with Crippen LogP contribution >= 0.6 is 12.2 Å². The zero-order chi connectivity index (χ0) is 25.3. The van der Waals surface area contributed by atoms with E-state index in [-0.39, 0.29) is 12.1 Å². The summed E-state index contributed by atoms with van der Waals surface area (Å²) in [5.74, 6) is 0. The van der Waals surface area contributed by atoms with Gasteiger partial charge >= 0.3 is 6.18 Å². The maximum absolute atomic E-state index is 13.4. The molecular formula is C26H30F3N5S. The molecule has 1 aliphatic rings. The normalized spacial score (nSPS) is 18.4. The van der Waals surface area contributed by atoms with E-state index in [2.05, 4.69) is 26.2 Å². The lowest BCUT2D eigenvalue weighted by atomic mass is 9.96. The maximum Gasteiger partial charge on any atom is 0.416 e. The molecule has 186 valence electrons. The first kappa shape index (κ1) is 25.2. The number of aromatic nitrogens is 2. The molecule has 1 fully saturated rings. The van der Waals surface area contributed by atoms with Crippen molar-refractivity contribution in [3.63, 3.8) is 0 Å². The summed E-state index contributed by atoms with van der Waals surface area (Å²) in [7, 11) is 4.08. The number of halogens is 3. The Morgan fingerprint density at radius 3 is 2.51 bits per heavy atom. The van der Waals surface area contributed by atoms with Crippen LogP contribution in [-0.2, 0) is 6.18 Å². The summed E-state index contributed by atoms with van der Waals surface area (Å²) >= 11 is 5.75. The smallest absolute Gasteiger partial charge is 0.352 e. The minimum Gasteiger partial charge on any atom is -0.352 e. The monoisotopic (exact) mass is 501 g/mol.